The van der Waals surface area contributed by atoms with E-state index in [4.69, 9.17) is 9.47 Å². The molecule has 0 radical (unpaired) electrons. The molecule has 1 aromatic carbocycles. The maximum absolute atomic E-state index is 11.5. The molecule has 0 spiro atoms. The van der Waals surface area contributed by atoms with Crippen molar-refractivity contribution in [3.63, 3.8) is 0 Å². The number of ketones is 1. The molecule has 0 aromatic heterocycles. The fraction of sp³-hybridized carbons (Fsp3) is 0.389. The molecule has 1 atom stereocenters. The molecule has 0 fully saturated rings. The molecule has 0 heterocycles. The van der Waals surface area contributed by atoms with Gasteiger partial charge in [0.25, 0.3) is 0 Å². The summed E-state index contributed by atoms with van der Waals surface area (Å²) in [4.78, 5) is 11.5. The maximum atomic E-state index is 11.5. The van der Waals surface area contributed by atoms with Crippen LogP contribution in [0.25, 0.3) is 0 Å². The van der Waals surface area contributed by atoms with E-state index in [0.29, 0.717) is 19.6 Å². The van der Waals surface area contributed by atoms with E-state index >= 15 is 0 Å². The Kier molecular flexibility index (Phi) is 8.88. The van der Waals surface area contributed by atoms with Gasteiger partial charge >= 0.3 is 0 Å². The van der Waals surface area contributed by atoms with Gasteiger partial charge in [0.15, 0.2) is 5.78 Å². The van der Waals surface area contributed by atoms with Crippen LogP contribution in [0.15, 0.2) is 48.6 Å². The van der Waals surface area contributed by atoms with Crippen molar-refractivity contribution >= 4 is 5.78 Å². The van der Waals surface area contributed by atoms with Crippen LogP contribution < -0.4 is 4.74 Å². The van der Waals surface area contributed by atoms with Gasteiger partial charge in [0, 0.05) is 18.6 Å². The Labute approximate surface area is 132 Å². The summed E-state index contributed by atoms with van der Waals surface area (Å²) in [7, 11) is 1.62. The average Bonchev–Trinajstić information content (AvgIpc) is 2.52. The third-order valence-electron chi connectivity index (χ3n) is 3.07. The van der Waals surface area contributed by atoms with Crippen molar-refractivity contribution in [1.82, 2.24) is 0 Å². The highest BCUT2D eigenvalue weighted by atomic mass is 16.5. The molecule has 4 heteroatoms. The van der Waals surface area contributed by atoms with Gasteiger partial charge in [0.1, 0.15) is 5.75 Å². The number of carbonyl (C=O) groups is 1. The second-order valence-corrected chi connectivity index (χ2v) is 4.86. The molecule has 1 rings (SSSR count). The van der Waals surface area contributed by atoms with Crippen LogP contribution in [0.2, 0.25) is 0 Å². The first-order chi connectivity index (χ1) is 10.7. The minimum atomic E-state index is -0.680. The van der Waals surface area contributed by atoms with Crippen molar-refractivity contribution in [3.8, 4) is 5.75 Å². The molecule has 0 aliphatic carbocycles. The fourth-order valence-electron chi connectivity index (χ4n) is 1.90. The van der Waals surface area contributed by atoms with Gasteiger partial charge in [-0.2, -0.15) is 0 Å². The Morgan fingerprint density at radius 2 is 2.09 bits per heavy atom. The predicted octanol–water partition coefficient (Wildman–Crippen LogP) is 3.05. The van der Waals surface area contributed by atoms with Gasteiger partial charge in [-0.3, -0.25) is 4.79 Å². The minimum Gasteiger partial charge on any atom is -0.496 e. The van der Waals surface area contributed by atoms with E-state index < -0.39 is 6.10 Å². The second-order valence-electron chi connectivity index (χ2n) is 4.86. The molecule has 22 heavy (non-hydrogen) atoms. The first-order valence-electron chi connectivity index (χ1n) is 7.37. The number of hydrogen-bond acceptors (Lipinski definition) is 4. The predicted molar refractivity (Wildman–Crippen MR) is 86.9 cm³/mol. The molecular weight excluding hydrogens is 280 g/mol. The maximum Gasteiger partial charge on any atom is 0.158 e. The minimum absolute atomic E-state index is 0.0877. The summed E-state index contributed by atoms with van der Waals surface area (Å²) >= 11 is 0. The van der Waals surface area contributed by atoms with Crippen molar-refractivity contribution in [2.75, 3.05) is 13.7 Å². The average molecular weight is 304 g/mol. The monoisotopic (exact) mass is 304 g/mol. The van der Waals surface area contributed by atoms with E-state index in [1.165, 1.54) is 6.08 Å². The highest BCUT2D eigenvalue weighted by Crippen LogP contribution is 2.18. The van der Waals surface area contributed by atoms with Crippen LogP contribution in [0, 0.1) is 0 Å². The zero-order valence-corrected chi connectivity index (χ0v) is 13.2. The standard InChI is InChI=1S/C18H24O4/c1-3-4-5-9-16(19)13-17(20)11-12-22-14-15-8-6-7-10-18(15)21-2/h3-10,17,20H,11-14H2,1-2H3/b4-3+,9-5+/t17-/m1/s1. The van der Waals surface area contributed by atoms with Crippen molar-refractivity contribution < 1.29 is 19.4 Å². The Bertz CT molecular complexity index is 506. The highest BCUT2D eigenvalue weighted by molar-refractivity contribution is 5.90. The zero-order valence-electron chi connectivity index (χ0n) is 13.2. The number of allylic oxidation sites excluding steroid dienone is 4. The highest BCUT2D eigenvalue weighted by Gasteiger charge is 2.09. The van der Waals surface area contributed by atoms with Crippen LogP contribution >= 0.6 is 0 Å². The van der Waals surface area contributed by atoms with Crippen molar-refractivity contribution in [2.24, 2.45) is 0 Å². The second kappa shape index (κ2) is 10.8. The first-order valence-corrected chi connectivity index (χ1v) is 7.37. The zero-order chi connectivity index (χ0) is 16.2. The molecule has 4 nitrogen and oxygen atoms in total. The summed E-state index contributed by atoms with van der Waals surface area (Å²) in [5.41, 5.74) is 0.963. The number of rotatable bonds is 10. The van der Waals surface area contributed by atoms with Gasteiger partial charge in [-0.1, -0.05) is 36.4 Å². The van der Waals surface area contributed by atoms with Gasteiger partial charge in [0.2, 0.25) is 0 Å². The summed E-state index contributed by atoms with van der Waals surface area (Å²) in [6, 6.07) is 7.64. The van der Waals surface area contributed by atoms with Crippen molar-refractivity contribution in [3.05, 3.63) is 54.1 Å². The normalized spacial score (nSPS) is 12.9. The molecule has 0 saturated carbocycles. The Hall–Kier alpha value is -1.91. The van der Waals surface area contributed by atoms with Crippen molar-refractivity contribution in [2.45, 2.75) is 32.5 Å². The van der Waals surface area contributed by atoms with Crippen LogP contribution in [-0.2, 0) is 16.1 Å². The number of benzene rings is 1. The number of hydrogen-bond donors (Lipinski definition) is 1. The lowest BCUT2D eigenvalue weighted by Gasteiger charge is -2.11. The number of methoxy groups -OCH3 is 1. The molecular formula is C18H24O4. The molecule has 0 aliphatic heterocycles. The van der Waals surface area contributed by atoms with Gasteiger partial charge in [0.05, 0.1) is 19.8 Å². The summed E-state index contributed by atoms with van der Waals surface area (Å²) < 4.78 is 10.8. The third kappa shape index (κ3) is 7.20. The molecule has 1 N–H and O–H groups in total. The lowest BCUT2D eigenvalue weighted by atomic mass is 10.1. The molecule has 0 amide bonds. The Balaban J connectivity index is 2.25. The van der Waals surface area contributed by atoms with E-state index in [1.54, 1.807) is 19.3 Å². The topological polar surface area (TPSA) is 55.8 Å². The first kappa shape index (κ1) is 18.1. The van der Waals surface area contributed by atoms with E-state index in [2.05, 4.69) is 0 Å². The number of aliphatic hydroxyl groups is 1. The fourth-order valence-corrected chi connectivity index (χ4v) is 1.90. The Morgan fingerprint density at radius 3 is 2.82 bits per heavy atom. The summed E-state index contributed by atoms with van der Waals surface area (Å²) in [5, 5.41) is 9.80. The molecule has 0 aliphatic rings. The lowest BCUT2D eigenvalue weighted by Crippen LogP contribution is -2.14. The van der Waals surface area contributed by atoms with E-state index in [-0.39, 0.29) is 12.2 Å². The van der Waals surface area contributed by atoms with Crippen LogP contribution in [-0.4, -0.2) is 30.7 Å². The molecule has 1 aromatic rings. The van der Waals surface area contributed by atoms with Crippen LogP contribution in [0.3, 0.4) is 0 Å². The van der Waals surface area contributed by atoms with Gasteiger partial charge in [-0.15, -0.1) is 0 Å². The smallest absolute Gasteiger partial charge is 0.158 e. The van der Waals surface area contributed by atoms with Crippen LogP contribution in [0.1, 0.15) is 25.3 Å². The number of carbonyl (C=O) groups excluding carboxylic acids is 1. The summed E-state index contributed by atoms with van der Waals surface area (Å²) in [6.07, 6.45) is 6.63. The molecule has 120 valence electrons. The van der Waals surface area contributed by atoms with Crippen molar-refractivity contribution in [1.29, 1.82) is 0 Å². The van der Waals surface area contributed by atoms with Gasteiger partial charge in [-0.05, 0) is 25.5 Å². The largest absolute Gasteiger partial charge is 0.496 e. The van der Waals surface area contributed by atoms with E-state index in [0.717, 1.165) is 11.3 Å². The molecule has 0 unspecified atom stereocenters. The summed E-state index contributed by atoms with van der Waals surface area (Å²) in [6.45, 7) is 2.69. The van der Waals surface area contributed by atoms with E-state index in [1.807, 2.05) is 37.3 Å². The van der Waals surface area contributed by atoms with E-state index in [9.17, 15) is 9.90 Å². The van der Waals surface area contributed by atoms with Crippen LogP contribution in [0.5, 0.6) is 5.75 Å². The number of ether oxygens (including phenoxy) is 2. The molecule has 0 saturated heterocycles. The summed E-state index contributed by atoms with van der Waals surface area (Å²) in [5.74, 6) is 0.697. The van der Waals surface area contributed by atoms with Gasteiger partial charge < -0.3 is 14.6 Å². The third-order valence-corrected chi connectivity index (χ3v) is 3.07. The SMILES string of the molecule is C/C=C/C=C/C(=O)C[C@H](O)CCOCc1ccccc1OC. The number of para-hydroxylation sites is 1. The quantitative estimate of drug-likeness (QED) is 0.410. The molecule has 0 bridgehead atoms. The Morgan fingerprint density at radius 1 is 1.32 bits per heavy atom. The van der Waals surface area contributed by atoms with Crippen LogP contribution in [0.4, 0.5) is 0 Å². The van der Waals surface area contributed by atoms with Gasteiger partial charge in [-0.25, -0.2) is 0 Å². The lowest BCUT2D eigenvalue weighted by molar-refractivity contribution is -0.116. The number of aliphatic hydroxyl groups excluding tert-OH is 1.